The summed E-state index contributed by atoms with van der Waals surface area (Å²) < 4.78 is 0.972. The summed E-state index contributed by atoms with van der Waals surface area (Å²) in [5, 5.41) is 8.84. The summed E-state index contributed by atoms with van der Waals surface area (Å²) in [7, 11) is 0. The Morgan fingerprint density at radius 1 is 1.32 bits per heavy atom. The first kappa shape index (κ1) is 20.7. The average Bonchev–Trinajstić information content (AvgIpc) is 2.47. The number of amides is 1. The average molecular weight is 479 g/mol. The molecule has 120 valence electrons. The Morgan fingerprint density at radius 3 is 2.59 bits per heavy atom. The molecule has 0 atom stereocenters. The smallest absolute Gasteiger partial charge is 0.226 e. The Morgan fingerprint density at radius 2 is 2.00 bits per heavy atom. The lowest BCUT2D eigenvalue weighted by molar-refractivity contribution is -0.116. The van der Waals surface area contributed by atoms with E-state index in [1.807, 2.05) is 31.2 Å². The molecule has 1 amide bonds. The third-order valence-corrected chi connectivity index (χ3v) is 2.97. The molecule has 5 nitrogen and oxygen atoms in total. The van der Waals surface area contributed by atoms with Crippen molar-refractivity contribution in [2.75, 3.05) is 25.0 Å². The first-order chi connectivity index (χ1) is 10.2. The van der Waals surface area contributed by atoms with Crippen LogP contribution in [0.25, 0.3) is 0 Å². The number of guanidine groups is 1. The number of terminal acetylenes is 1. The molecule has 0 saturated carbocycles. The third kappa shape index (κ3) is 8.89. The Labute approximate surface area is 156 Å². The molecule has 0 unspecified atom stereocenters. The lowest BCUT2D eigenvalue weighted by Crippen LogP contribution is -2.37. The van der Waals surface area contributed by atoms with Crippen molar-refractivity contribution in [3.63, 3.8) is 0 Å². The van der Waals surface area contributed by atoms with Crippen molar-refractivity contribution >= 4 is 57.5 Å². The van der Waals surface area contributed by atoms with Gasteiger partial charge in [-0.3, -0.25) is 9.79 Å². The molecule has 0 aliphatic rings. The van der Waals surface area contributed by atoms with Crippen LogP contribution in [0.3, 0.4) is 0 Å². The topological polar surface area (TPSA) is 65.5 Å². The van der Waals surface area contributed by atoms with E-state index in [4.69, 9.17) is 6.42 Å². The monoisotopic (exact) mass is 478 g/mol. The number of nitrogens with zero attached hydrogens (tertiary/aromatic N) is 1. The number of halogens is 2. The van der Waals surface area contributed by atoms with Crippen molar-refractivity contribution in [2.45, 2.75) is 13.3 Å². The van der Waals surface area contributed by atoms with Gasteiger partial charge >= 0.3 is 0 Å². The van der Waals surface area contributed by atoms with E-state index in [1.165, 1.54) is 0 Å². The van der Waals surface area contributed by atoms with Gasteiger partial charge in [0.25, 0.3) is 0 Å². The molecule has 22 heavy (non-hydrogen) atoms. The number of benzene rings is 1. The standard InChI is InChI=1S/C15H19BrN4O.HI/c1-3-10-18-15(17-4-2)19-11-9-14(21)20-13-7-5-12(16)6-8-13;/h1,5-8H,4,9-11H2,2H3,(H,20,21)(H2,17,18,19);1H. The molecule has 0 aromatic heterocycles. The number of carbonyl (C=O) groups excluding carboxylic acids is 1. The van der Waals surface area contributed by atoms with E-state index in [-0.39, 0.29) is 29.9 Å². The van der Waals surface area contributed by atoms with Gasteiger partial charge in [-0.1, -0.05) is 21.9 Å². The van der Waals surface area contributed by atoms with Crippen LogP contribution < -0.4 is 16.0 Å². The van der Waals surface area contributed by atoms with Gasteiger partial charge in [0, 0.05) is 23.1 Å². The second kappa shape index (κ2) is 12.3. The van der Waals surface area contributed by atoms with Crippen molar-refractivity contribution < 1.29 is 4.79 Å². The number of hydrogen-bond acceptors (Lipinski definition) is 2. The van der Waals surface area contributed by atoms with E-state index >= 15 is 0 Å². The first-order valence-corrected chi connectivity index (χ1v) is 7.46. The zero-order valence-electron chi connectivity index (χ0n) is 12.4. The van der Waals surface area contributed by atoms with Crippen LogP contribution in [0, 0.1) is 12.3 Å². The highest BCUT2D eigenvalue weighted by molar-refractivity contribution is 14.0. The minimum Gasteiger partial charge on any atom is -0.357 e. The van der Waals surface area contributed by atoms with Gasteiger partial charge in [0.05, 0.1) is 13.1 Å². The largest absolute Gasteiger partial charge is 0.357 e. The molecule has 1 rings (SSSR count). The van der Waals surface area contributed by atoms with Gasteiger partial charge in [-0.25, -0.2) is 0 Å². The normalized spacial score (nSPS) is 10.1. The molecule has 0 saturated heterocycles. The molecule has 0 aliphatic carbocycles. The van der Waals surface area contributed by atoms with Crippen LogP contribution in [0.1, 0.15) is 13.3 Å². The second-order valence-corrected chi connectivity index (χ2v) is 5.04. The fourth-order valence-electron chi connectivity index (χ4n) is 1.50. The molecule has 0 spiro atoms. The van der Waals surface area contributed by atoms with Crippen molar-refractivity contribution in [2.24, 2.45) is 4.99 Å². The van der Waals surface area contributed by atoms with Crippen LogP contribution in [0.5, 0.6) is 0 Å². The molecule has 1 aromatic rings. The van der Waals surface area contributed by atoms with E-state index in [2.05, 4.69) is 42.8 Å². The molecule has 1 aromatic carbocycles. The minimum atomic E-state index is -0.0751. The Bertz CT molecular complexity index is 525. The van der Waals surface area contributed by atoms with Gasteiger partial charge < -0.3 is 16.0 Å². The van der Waals surface area contributed by atoms with Crippen LogP contribution in [0.4, 0.5) is 5.69 Å². The maximum atomic E-state index is 11.8. The first-order valence-electron chi connectivity index (χ1n) is 6.66. The van der Waals surface area contributed by atoms with E-state index < -0.39 is 0 Å². The summed E-state index contributed by atoms with van der Waals surface area (Å²) in [5.74, 6) is 3.02. The Kier molecular flexibility index (Phi) is 11.6. The maximum Gasteiger partial charge on any atom is 0.226 e. The van der Waals surface area contributed by atoms with Crippen molar-refractivity contribution in [3.8, 4) is 12.3 Å². The number of hydrogen-bond donors (Lipinski definition) is 3. The molecular weight excluding hydrogens is 459 g/mol. The molecule has 3 N–H and O–H groups in total. The van der Waals surface area contributed by atoms with Crippen molar-refractivity contribution in [3.05, 3.63) is 28.7 Å². The van der Waals surface area contributed by atoms with Crippen LogP contribution in [0.2, 0.25) is 0 Å². The summed E-state index contributed by atoms with van der Waals surface area (Å²) in [6.07, 6.45) is 5.49. The van der Waals surface area contributed by atoms with E-state index in [9.17, 15) is 4.79 Å². The molecule has 0 bridgehead atoms. The van der Waals surface area contributed by atoms with Crippen molar-refractivity contribution in [1.82, 2.24) is 10.6 Å². The lowest BCUT2D eigenvalue weighted by Gasteiger charge is -2.09. The fraction of sp³-hybridized carbons (Fsp3) is 0.333. The zero-order chi connectivity index (χ0) is 15.5. The predicted molar refractivity (Wildman–Crippen MR) is 106 cm³/mol. The molecular formula is C15H20BrIN4O. The SMILES string of the molecule is C#CCNC(=NCCC(=O)Nc1ccc(Br)cc1)NCC.I. The van der Waals surface area contributed by atoms with Gasteiger partial charge in [-0.2, -0.15) is 0 Å². The fourth-order valence-corrected chi connectivity index (χ4v) is 1.77. The molecule has 7 heteroatoms. The highest BCUT2D eigenvalue weighted by Gasteiger charge is 2.02. The van der Waals surface area contributed by atoms with Gasteiger partial charge in [-0.05, 0) is 31.2 Å². The molecule has 0 aliphatic heterocycles. The van der Waals surface area contributed by atoms with E-state index in [1.54, 1.807) is 0 Å². The summed E-state index contributed by atoms with van der Waals surface area (Å²) >= 11 is 3.35. The summed E-state index contributed by atoms with van der Waals surface area (Å²) in [5.41, 5.74) is 0.768. The molecule has 0 radical (unpaired) electrons. The summed E-state index contributed by atoms with van der Waals surface area (Å²) in [6, 6.07) is 7.43. The lowest BCUT2D eigenvalue weighted by atomic mass is 10.3. The van der Waals surface area contributed by atoms with Crippen LogP contribution >= 0.6 is 39.9 Å². The van der Waals surface area contributed by atoms with Crippen LogP contribution in [-0.4, -0.2) is 31.5 Å². The molecule has 0 heterocycles. The Hall–Kier alpha value is -1.27. The third-order valence-electron chi connectivity index (χ3n) is 2.44. The van der Waals surface area contributed by atoms with Crippen molar-refractivity contribution in [1.29, 1.82) is 0 Å². The number of nitrogens with one attached hydrogen (secondary N) is 3. The number of anilines is 1. The number of aliphatic imine (C=N–C) groups is 1. The number of rotatable bonds is 6. The molecule has 0 fully saturated rings. The maximum absolute atomic E-state index is 11.8. The van der Waals surface area contributed by atoms with Gasteiger partial charge in [0.2, 0.25) is 5.91 Å². The van der Waals surface area contributed by atoms with Gasteiger partial charge in [0.1, 0.15) is 0 Å². The summed E-state index contributed by atoms with van der Waals surface area (Å²) in [6.45, 7) is 3.49. The zero-order valence-corrected chi connectivity index (χ0v) is 16.3. The van der Waals surface area contributed by atoms with Crippen LogP contribution in [-0.2, 0) is 4.79 Å². The summed E-state index contributed by atoms with van der Waals surface area (Å²) in [4.78, 5) is 16.1. The van der Waals surface area contributed by atoms with E-state index in [0.717, 1.165) is 16.7 Å². The predicted octanol–water partition coefficient (Wildman–Crippen LogP) is 2.58. The van der Waals surface area contributed by atoms with Crippen LogP contribution in [0.15, 0.2) is 33.7 Å². The Balaban J connectivity index is 0.00000441. The highest BCUT2D eigenvalue weighted by Crippen LogP contribution is 2.14. The van der Waals surface area contributed by atoms with Gasteiger partial charge in [-0.15, -0.1) is 30.4 Å². The quantitative estimate of drug-likeness (QED) is 0.255. The van der Waals surface area contributed by atoms with Gasteiger partial charge in [0.15, 0.2) is 5.96 Å². The van der Waals surface area contributed by atoms with E-state index in [0.29, 0.717) is 25.5 Å². The minimum absolute atomic E-state index is 0. The number of carbonyl (C=O) groups is 1. The second-order valence-electron chi connectivity index (χ2n) is 4.12. The highest BCUT2D eigenvalue weighted by atomic mass is 127.